The van der Waals surface area contributed by atoms with Gasteiger partial charge in [0.1, 0.15) is 5.71 Å². The number of Topliss-reactive ketones (excluding diaryl/α,β-unsaturated/α-hetero) is 1. The van der Waals surface area contributed by atoms with Crippen LogP contribution in [0.25, 0.3) is 5.57 Å². The van der Waals surface area contributed by atoms with Gasteiger partial charge in [0, 0.05) is 12.7 Å². The van der Waals surface area contributed by atoms with E-state index in [9.17, 15) is 9.59 Å². The zero-order valence-corrected chi connectivity index (χ0v) is 10.3. The second-order valence-corrected chi connectivity index (χ2v) is 3.95. The molecule has 6 nitrogen and oxygen atoms in total. The van der Waals surface area contributed by atoms with Crippen molar-refractivity contribution in [3.63, 3.8) is 0 Å². The van der Waals surface area contributed by atoms with Crippen LogP contribution in [0, 0.1) is 0 Å². The number of ketones is 1. The number of hydrogen-bond donors (Lipinski definition) is 2. The molecule has 0 unspecified atom stereocenters. The van der Waals surface area contributed by atoms with Crippen LogP contribution in [0.5, 0.6) is 0 Å². The number of primary amides is 1. The van der Waals surface area contributed by atoms with Gasteiger partial charge in [-0.25, -0.2) is 10.2 Å². The molecule has 0 heterocycles. The minimum absolute atomic E-state index is 0.129. The van der Waals surface area contributed by atoms with E-state index in [1.54, 1.807) is 25.3 Å². The Bertz CT molecular complexity index is 591. The van der Waals surface area contributed by atoms with Crippen LogP contribution < -0.4 is 11.2 Å². The number of carbonyl (C=O) groups is 2. The summed E-state index contributed by atoms with van der Waals surface area (Å²) in [6.07, 6.45) is 1.59. The molecule has 0 atom stereocenters. The molecule has 1 aromatic carbocycles. The van der Waals surface area contributed by atoms with Crippen molar-refractivity contribution in [2.75, 3.05) is 13.7 Å². The van der Waals surface area contributed by atoms with Gasteiger partial charge in [0.25, 0.3) is 0 Å². The minimum atomic E-state index is -0.819. The first-order valence-corrected chi connectivity index (χ1v) is 5.60. The second-order valence-electron chi connectivity index (χ2n) is 3.95. The summed E-state index contributed by atoms with van der Waals surface area (Å²) in [6, 6.07) is 6.35. The molecular formula is C13H13N3O3. The van der Waals surface area contributed by atoms with Crippen LogP contribution in [0.1, 0.15) is 15.9 Å². The molecule has 0 aromatic heterocycles. The molecule has 1 aromatic rings. The summed E-state index contributed by atoms with van der Waals surface area (Å²) in [6.45, 7) is 0.347. The van der Waals surface area contributed by atoms with E-state index in [4.69, 9.17) is 10.5 Å². The topological polar surface area (TPSA) is 93.8 Å². The number of benzene rings is 1. The number of nitrogens with zero attached hydrogens (tertiary/aromatic N) is 1. The van der Waals surface area contributed by atoms with Crippen LogP contribution in [-0.4, -0.2) is 31.2 Å². The predicted octanol–water partition coefficient (Wildman–Crippen LogP) is 0.937. The van der Waals surface area contributed by atoms with Crippen molar-refractivity contribution >= 4 is 23.1 Å². The summed E-state index contributed by atoms with van der Waals surface area (Å²) in [5.41, 5.74) is 9.28. The number of rotatable bonds is 3. The van der Waals surface area contributed by atoms with E-state index in [0.717, 1.165) is 11.1 Å². The number of nitrogens with two attached hydrogens (primary N) is 1. The lowest BCUT2D eigenvalue weighted by molar-refractivity contribution is 0.106. The van der Waals surface area contributed by atoms with E-state index < -0.39 is 6.03 Å². The molecular weight excluding hydrogens is 246 g/mol. The fraction of sp³-hybridized carbons (Fsp3) is 0.154. The van der Waals surface area contributed by atoms with Gasteiger partial charge in [-0.05, 0) is 17.2 Å². The predicted molar refractivity (Wildman–Crippen MR) is 70.8 cm³/mol. The number of ether oxygens (including phenoxy) is 1. The molecule has 2 amide bonds. The lowest BCUT2D eigenvalue weighted by Crippen LogP contribution is -2.29. The van der Waals surface area contributed by atoms with Gasteiger partial charge in [-0.1, -0.05) is 24.3 Å². The molecule has 0 spiro atoms. The Morgan fingerprint density at radius 1 is 1.37 bits per heavy atom. The first-order chi connectivity index (χ1) is 9.13. The van der Waals surface area contributed by atoms with E-state index in [1.807, 2.05) is 12.1 Å². The molecule has 19 heavy (non-hydrogen) atoms. The second kappa shape index (κ2) is 5.45. The van der Waals surface area contributed by atoms with E-state index in [0.29, 0.717) is 12.2 Å². The average Bonchev–Trinajstić information content (AvgIpc) is 2.40. The Morgan fingerprint density at radius 2 is 2.05 bits per heavy atom. The number of hydrogen-bond acceptors (Lipinski definition) is 4. The molecule has 0 bridgehead atoms. The number of carbonyl (C=O) groups excluding carboxylic acids is 2. The number of hydrazone groups is 1. The summed E-state index contributed by atoms with van der Waals surface area (Å²) in [5.74, 6) is -0.260. The van der Waals surface area contributed by atoms with Gasteiger partial charge < -0.3 is 10.5 Å². The molecule has 3 N–H and O–H groups in total. The van der Waals surface area contributed by atoms with Crippen LogP contribution in [0.4, 0.5) is 4.79 Å². The van der Waals surface area contributed by atoms with Gasteiger partial charge in [0.05, 0.1) is 6.61 Å². The summed E-state index contributed by atoms with van der Waals surface area (Å²) in [7, 11) is 1.57. The highest BCUT2D eigenvalue weighted by atomic mass is 16.5. The maximum atomic E-state index is 12.2. The maximum absolute atomic E-state index is 12.2. The molecule has 0 saturated carbocycles. The number of fused-ring (bicyclic) bond motifs is 1. The van der Waals surface area contributed by atoms with Crippen molar-refractivity contribution in [2.24, 2.45) is 10.8 Å². The van der Waals surface area contributed by atoms with Crippen molar-refractivity contribution in [1.82, 2.24) is 5.43 Å². The molecule has 6 heteroatoms. The Hall–Kier alpha value is -2.47. The zero-order chi connectivity index (χ0) is 13.8. The van der Waals surface area contributed by atoms with Crippen molar-refractivity contribution in [1.29, 1.82) is 0 Å². The van der Waals surface area contributed by atoms with Crippen LogP contribution in [0.2, 0.25) is 0 Å². The molecule has 0 saturated heterocycles. The third-order valence-electron chi connectivity index (χ3n) is 2.65. The number of amides is 2. The first kappa shape index (κ1) is 13.0. The standard InChI is InChI=1S/C13H13N3O3/c1-19-7-8-6-11(15-16-13(14)18)12(17)10-5-3-2-4-9(8)10/h2-6H,7H2,1H3,(H3,14,16,18)/b15-11+. The van der Waals surface area contributed by atoms with Crippen molar-refractivity contribution in [2.45, 2.75) is 0 Å². The molecule has 98 valence electrons. The van der Waals surface area contributed by atoms with Gasteiger partial charge in [0.2, 0.25) is 5.78 Å². The maximum Gasteiger partial charge on any atom is 0.332 e. The summed E-state index contributed by atoms with van der Waals surface area (Å²) < 4.78 is 5.10. The van der Waals surface area contributed by atoms with Gasteiger partial charge in [-0.3, -0.25) is 4.79 Å². The summed E-state index contributed by atoms with van der Waals surface area (Å²) in [5, 5.41) is 3.71. The van der Waals surface area contributed by atoms with Gasteiger partial charge in [0.15, 0.2) is 0 Å². The molecule has 0 aliphatic heterocycles. The average molecular weight is 259 g/mol. The molecule has 1 aliphatic carbocycles. The fourth-order valence-corrected chi connectivity index (χ4v) is 1.88. The molecule has 1 aliphatic rings. The van der Waals surface area contributed by atoms with Crippen molar-refractivity contribution < 1.29 is 14.3 Å². The van der Waals surface area contributed by atoms with Crippen LogP contribution in [0.3, 0.4) is 0 Å². The van der Waals surface area contributed by atoms with Gasteiger partial charge in [-0.2, -0.15) is 5.10 Å². The number of urea groups is 1. The van der Waals surface area contributed by atoms with E-state index in [2.05, 4.69) is 10.5 Å². The van der Waals surface area contributed by atoms with E-state index in [1.165, 1.54) is 0 Å². The highest BCUT2D eigenvalue weighted by molar-refractivity contribution is 6.52. The molecule has 0 radical (unpaired) electrons. The molecule has 2 rings (SSSR count). The summed E-state index contributed by atoms with van der Waals surface area (Å²) >= 11 is 0. The normalized spacial score (nSPS) is 15.9. The third kappa shape index (κ3) is 2.69. The lowest BCUT2D eigenvalue weighted by atomic mass is 9.89. The Kier molecular flexibility index (Phi) is 3.72. The zero-order valence-electron chi connectivity index (χ0n) is 10.3. The summed E-state index contributed by atoms with van der Waals surface area (Å²) in [4.78, 5) is 22.8. The van der Waals surface area contributed by atoms with Crippen molar-refractivity contribution in [3.8, 4) is 0 Å². The monoisotopic (exact) mass is 259 g/mol. The Labute approximate surface area is 109 Å². The highest BCUT2D eigenvalue weighted by Gasteiger charge is 2.23. The van der Waals surface area contributed by atoms with Crippen LogP contribution in [-0.2, 0) is 4.74 Å². The van der Waals surface area contributed by atoms with E-state index in [-0.39, 0.29) is 11.5 Å². The highest BCUT2D eigenvalue weighted by Crippen LogP contribution is 2.25. The van der Waals surface area contributed by atoms with Gasteiger partial charge in [-0.15, -0.1) is 0 Å². The third-order valence-corrected chi connectivity index (χ3v) is 2.65. The van der Waals surface area contributed by atoms with Crippen LogP contribution in [0.15, 0.2) is 35.4 Å². The number of methoxy groups -OCH3 is 1. The molecule has 0 fully saturated rings. The Morgan fingerprint density at radius 3 is 2.68 bits per heavy atom. The smallest absolute Gasteiger partial charge is 0.332 e. The SMILES string of the molecule is COCC1=C/C(=N\NC(N)=O)C(=O)c2ccccc21. The largest absolute Gasteiger partial charge is 0.380 e. The van der Waals surface area contributed by atoms with Gasteiger partial charge >= 0.3 is 6.03 Å². The lowest BCUT2D eigenvalue weighted by Gasteiger charge is -2.17. The van der Waals surface area contributed by atoms with Crippen molar-refractivity contribution in [3.05, 3.63) is 41.5 Å². The number of nitrogens with one attached hydrogen (secondary N) is 1. The first-order valence-electron chi connectivity index (χ1n) is 5.60. The fourth-order valence-electron chi connectivity index (χ4n) is 1.88. The Balaban J connectivity index is 2.46. The number of allylic oxidation sites excluding steroid dienone is 1. The van der Waals surface area contributed by atoms with E-state index >= 15 is 0 Å². The van der Waals surface area contributed by atoms with Crippen LogP contribution >= 0.6 is 0 Å². The quantitative estimate of drug-likeness (QED) is 0.791. The minimum Gasteiger partial charge on any atom is -0.380 e.